The van der Waals surface area contributed by atoms with E-state index in [4.69, 9.17) is 9.47 Å². The van der Waals surface area contributed by atoms with Crippen LogP contribution in [0, 0.1) is 0 Å². The van der Waals surface area contributed by atoms with E-state index in [2.05, 4.69) is 72.8 Å². The summed E-state index contributed by atoms with van der Waals surface area (Å²) in [7, 11) is 0. The van der Waals surface area contributed by atoms with Gasteiger partial charge < -0.3 is 9.47 Å². The van der Waals surface area contributed by atoms with Crippen molar-refractivity contribution in [3.63, 3.8) is 0 Å². The summed E-state index contributed by atoms with van der Waals surface area (Å²) in [5.74, 6) is 0. The van der Waals surface area contributed by atoms with Gasteiger partial charge in [0.05, 0.1) is 0 Å². The summed E-state index contributed by atoms with van der Waals surface area (Å²) in [5.41, 5.74) is 4.47. The van der Waals surface area contributed by atoms with Crippen molar-refractivity contribution >= 4 is 0 Å². The van der Waals surface area contributed by atoms with Crippen LogP contribution in [0.2, 0.25) is 0 Å². The molecule has 2 aromatic carbocycles. The lowest BCUT2D eigenvalue weighted by Gasteiger charge is -2.34. The Morgan fingerprint density at radius 3 is 1.70 bits per heavy atom. The molecule has 0 aliphatic carbocycles. The number of hydrogen-bond donors (Lipinski definition) is 0. The highest BCUT2D eigenvalue weighted by molar-refractivity contribution is 5.52. The minimum Gasteiger partial charge on any atom is -0.354 e. The first-order valence-corrected chi connectivity index (χ1v) is 8.23. The molecule has 0 saturated heterocycles. The summed E-state index contributed by atoms with van der Waals surface area (Å²) in [6.45, 7) is 0. The van der Waals surface area contributed by atoms with Crippen molar-refractivity contribution in [1.82, 2.24) is 0 Å². The summed E-state index contributed by atoms with van der Waals surface area (Å²) < 4.78 is 12.9. The van der Waals surface area contributed by atoms with Crippen molar-refractivity contribution in [2.45, 2.75) is 29.8 Å². The molecule has 0 fully saturated rings. The van der Waals surface area contributed by atoms with Crippen LogP contribution < -0.4 is 0 Å². The molecule has 2 aromatic rings. The molecule has 4 aliphatic rings. The Balaban J connectivity index is 1.50. The van der Waals surface area contributed by atoms with Crippen LogP contribution in [0.3, 0.4) is 0 Å². The van der Waals surface area contributed by atoms with E-state index in [0.29, 0.717) is 0 Å². The molecule has 0 spiro atoms. The van der Waals surface area contributed by atoms with Crippen LogP contribution in [0.15, 0.2) is 72.8 Å². The average molecular weight is 300 g/mol. The SMILES string of the molecule is C1=CC2(C[C@@]34C=C[C@@H](O3)c3ccccc34)OC1c1ccccc12. The van der Waals surface area contributed by atoms with E-state index >= 15 is 0 Å². The van der Waals surface area contributed by atoms with Crippen molar-refractivity contribution in [2.24, 2.45) is 0 Å². The Morgan fingerprint density at radius 1 is 0.696 bits per heavy atom. The zero-order chi connectivity index (χ0) is 15.1. The van der Waals surface area contributed by atoms with Gasteiger partial charge in [-0.25, -0.2) is 0 Å². The van der Waals surface area contributed by atoms with Crippen molar-refractivity contribution < 1.29 is 9.47 Å². The van der Waals surface area contributed by atoms with E-state index in [-0.39, 0.29) is 23.4 Å². The molecule has 6 rings (SSSR count). The smallest absolute Gasteiger partial charge is 0.116 e. The molecule has 2 nitrogen and oxygen atoms in total. The highest BCUT2D eigenvalue weighted by Crippen LogP contribution is 2.60. The van der Waals surface area contributed by atoms with Crippen molar-refractivity contribution in [3.8, 4) is 0 Å². The molecule has 0 N–H and O–H groups in total. The second-order valence-corrected chi connectivity index (χ2v) is 6.93. The monoisotopic (exact) mass is 300 g/mol. The van der Waals surface area contributed by atoms with Gasteiger partial charge in [-0.2, -0.15) is 0 Å². The van der Waals surface area contributed by atoms with E-state index in [1.807, 2.05) is 0 Å². The van der Waals surface area contributed by atoms with E-state index in [1.54, 1.807) is 0 Å². The molecular weight excluding hydrogens is 284 g/mol. The van der Waals surface area contributed by atoms with Crippen molar-refractivity contribution in [1.29, 1.82) is 0 Å². The molecule has 4 bridgehead atoms. The highest BCUT2D eigenvalue weighted by atomic mass is 16.5. The van der Waals surface area contributed by atoms with Crippen molar-refractivity contribution in [3.05, 3.63) is 95.1 Å². The summed E-state index contributed by atoms with van der Waals surface area (Å²) in [5, 5.41) is 0. The highest BCUT2D eigenvalue weighted by Gasteiger charge is 2.55. The van der Waals surface area contributed by atoms with Gasteiger partial charge in [0, 0.05) is 6.42 Å². The van der Waals surface area contributed by atoms with Gasteiger partial charge >= 0.3 is 0 Å². The van der Waals surface area contributed by atoms with E-state index in [9.17, 15) is 0 Å². The first-order chi connectivity index (χ1) is 11.3. The Kier molecular flexibility index (Phi) is 2.05. The fraction of sp³-hybridized carbons (Fsp3) is 0.238. The maximum Gasteiger partial charge on any atom is 0.116 e. The Labute approximate surface area is 135 Å². The maximum atomic E-state index is 6.43. The van der Waals surface area contributed by atoms with Gasteiger partial charge in [0.2, 0.25) is 0 Å². The normalized spacial score (nSPS) is 37.4. The summed E-state index contributed by atoms with van der Waals surface area (Å²) in [6, 6.07) is 17.2. The van der Waals surface area contributed by atoms with Crippen LogP contribution in [-0.2, 0) is 20.7 Å². The fourth-order valence-electron chi connectivity index (χ4n) is 4.78. The first kappa shape index (κ1) is 12.3. The molecule has 4 atom stereocenters. The minimum absolute atomic E-state index is 0.0976. The molecule has 112 valence electrons. The van der Waals surface area contributed by atoms with Gasteiger partial charge in [0.25, 0.3) is 0 Å². The van der Waals surface area contributed by atoms with Gasteiger partial charge in [-0.15, -0.1) is 0 Å². The Bertz CT molecular complexity index is 823. The third kappa shape index (κ3) is 1.37. The van der Waals surface area contributed by atoms with Gasteiger partial charge in [-0.1, -0.05) is 60.7 Å². The average Bonchev–Trinajstić information content (AvgIpc) is 3.33. The predicted octanol–water partition coefficient (Wildman–Crippen LogP) is 4.45. The van der Waals surface area contributed by atoms with Crippen molar-refractivity contribution in [2.75, 3.05) is 0 Å². The molecule has 0 radical (unpaired) electrons. The van der Waals surface area contributed by atoms with Gasteiger partial charge in [-0.3, -0.25) is 0 Å². The first-order valence-electron chi connectivity index (χ1n) is 8.23. The molecule has 0 aromatic heterocycles. The number of ether oxygens (including phenoxy) is 2. The van der Waals surface area contributed by atoms with Crippen LogP contribution in [0.4, 0.5) is 0 Å². The van der Waals surface area contributed by atoms with Crippen LogP contribution >= 0.6 is 0 Å². The lowest BCUT2D eigenvalue weighted by atomic mass is 9.75. The second-order valence-electron chi connectivity index (χ2n) is 6.93. The quantitative estimate of drug-likeness (QED) is 0.763. The third-order valence-corrected chi connectivity index (χ3v) is 5.73. The lowest BCUT2D eigenvalue weighted by molar-refractivity contribution is -0.0837. The molecule has 4 aliphatic heterocycles. The van der Waals surface area contributed by atoms with E-state index in [0.717, 1.165) is 6.42 Å². The van der Waals surface area contributed by atoms with Crippen LogP contribution in [0.5, 0.6) is 0 Å². The topological polar surface area (TPSA) is 18.5 Å². The predicted molar refractivity (Wildman–Crippen MR) is 86.8 cm³/mol. The molecular formula is C21H16O2. The summed E-state index contributed by atoms with van der Waals surface area (Å²) in [4.78, 5) is 0. The number of fused-ring (bicyclic) bond motifs is 10. The molecule has 4 heterocycles. The van der Waals surface area contributed by atoms with Crippen LogP contribution in [0.25, 0.3) is 0 Å². The maximum absolute atomic E-state index is 6.43. The summed E-state index contributed by atoms with van der Waals surface area (Å²) >= 11 is 0. The third-order valence-electron chi connectivity index (χ3n) is 5.73. The van der Waals surface area contributed by atoms with Crippen LogP contribution in [0.1, 0.15) is 40.9 Å². The molecule has 0 saturated carbocycles. The summed E-state index contributed by atoms with van der Waals surface area (Å²) in [6.07, 6.45) is 9.85. The van der Waals surface area contributed by atoms with Gasteiger partial charge in [-0.05, 0) is 34.4 Å². The second kappa shape index (κ2) is 3.84. The van der Waals surface area contributed by atoms with E-state index in [1.165, 1.54) is 22.3 Å². The number of rotatable bonds is 2. The van der Waals surface area contributed by atoms with E-state index < -0.39 is 0 Å². The minimum atomic E-state index is -0.363. The molecule has 23 heavy (non-hydrogen) atoms. The molecule has 2 heteroatoms. The van der Waals surface area contributed by atoms with Crippen LogP contribution in [-0.4, -0.2) is 0 Å². The van der Waals surface area contributed by atoms with Gasteiger partial charge in [0.15, 0.2) is 0 Å². The standard InChI is InChI=1S/C21H16O2/c1-3-7-16-14(5-1)18-9-11-20(16,22-18)13-21-12-10-19(23-21)15-6-2-4-8-17(15)21/h1-12,18-19H,13H2/t18-,19?,20-,21?/m1/s1. The van der Waals surface area contributed by atoms with Gasteiger partial charge in [0.1, 0.15) is 23.4 Å². The molecule has 0 amide bonds. The largest absolute Gasteiger partial charge is 0.354 e. The number of benzene rings is 2. The zero-order valence-corrected chi connectivity index (χ0v) is 12.6. The molecule has 2 unspecified atom stereocenters. The number of hydrogen-bond acceptors (Lipinski definition) is 2. The lowest BCUT2D eigenvalue weighted by Crippen LogP contribution is -2.33. The Hall–Kier alpha value is -2.16. The Morgan fingerprint density at radius 2 is 1.17 bits per heavy atom. The fourth-order valence-corrected chi connectivity index (χ4v) is 4.78. The zero-order valence-electron chi connectivity index (χ0n) is 12.6.